The third kappa shape index (κ3) is 3.00. The van der Waals surface area contributed by atoms with E-state index in [1.165, 1.54) is 0 Å². The minimum Gasteiger partial charge on any atom is -0.382 e. The van der Waals surface area contributed by atoms with Gasteiger partial charge < -0.3 is 10.3 Å². The summed E-state index contributed by atoms with van der Waals surface area (Å²) < 4.78 is 1.85. The van der Waals surface area contributed by atoms with Crippen molar-refractivity contribution in [1.82, 2.24) is 19.5 Å². The Labute approximate surface area is 160 Å². The predicted molar refractivity (Wildman–Crippen MR) is 105 cm³/mol. The summed E-state index contributed by atoms with van der Waals surface area (Å²) in [6.07, 6.45) is 1.63. The van der Waals surface area contributed by atoms with Crippen LogP contribution in [0.2, 0.25) is 10.0 Å². The number of imidazole rings is 1. The first-order valence-electron chi connectivity index (χ1n) is 8.01. The average Bonchev–Trinajstić information content (AvgIpc) is 3.07. The van der Waals surface area contributed by atoms with Crippen LogP contribution in [0.5, 0.6) is 0 Å². The van der Waals surface area contributed by atoms with Crippen LogP contribution in [0.4, 0.5) is 5.82 Å². The van der Waals surface area contributed by atoms with Crippen LogP contribution in [0.15, 0.2) is 48.8 Å². The van der Waals surface area contributed by atoms with Gasteiger partial charge in [-0.25, -0.2) is 15.0 Å². The van der Waals surface area contributed by atoms with Gasteiger partial charge in [-0.15, -0.1) is 0 Å². The zero-order valence-corrected chi connectivity index (χ0v) is 15.5. The molecule has 2 heterocycles. The monoisotopic (exact) mass is 383 g/mol. The van der Waals surface area contributed by atoms with E-state index in [-0.39, 0.29) is 0 Å². The van der Waals surface area contributed by atoms with Crippen LogP contribution in [-0.4, -0.2) is 19.5 Å². The standard InChI is InChI=1S/C19H15Cl2N5/c1-11-4-2-5-12(8-11)18-24-16-17(22)23-10-26(19(16)25-18)9-13-14(20)6-3-7-15(13)21/h2-8,10H,9,22H2,1H3. The molecule has 2 aromatic carbocycles. The number of benzene rings is 2. The molecule has 7 heteroatoms. The number of nitrogens with two attached hydrogens (primary N) is 1. The van der Waals surface area contributed by atoms with Crippen molar-refractivity contribution in [3.8, 4) is 22.9 Å². The molecule has 0 bridgehead atoms. The molecule has 130 valence electrons. The van der Waals surface area contributed by atoms with Gasteiger partial charge in [-0.1, -0.05) is 53.0 Å². The van der Waals surface area contributed by atoms with Gasteiger partial charge in [0.1, 0.15) is 0 Å². The van der Waals surface area contributed by atoms with Crippen LogP contribution < -0.4 is 5.73 Å². The second-order valence-electron chi connectivity index (χ2n) is 6.05. The number of hydrogen-bond acceptors (Lipinski definition) is 4. The lowest BCUT2D eigenvalue weighted by atomic mass is 10.1. The summed E-state index contributed by atoms with van der Waals surface area (Å²) in [5.41, 5.74) is 9.45. The van der Waals surface area contributed by atoms with Crippen LogP contribution in [0, 0.1) is 6.92 Å². The number of hydrogen-bond donors (Lipinski definition) is 1. The summed E-state index contributed by atoms with van der Waals surface area (Å²) in [6, 6.07) is 13.4. The van der Waals surface area contributed by atoms with E-state index in [2.05, 4.69) is 15.0 Å². The molecule has 0 saturated heterocycles. The van der Waals surface area contributed by atoms with E-state index in [0.29, 0.717) is 39.8 Å². The van der Waals surface area contributed by atoms with Crippen LogP contribution in [-0.2, 0) is 6.54 Å². The van der Waals surface area contributed by atoms with E-state index in [1.807, 2.05) is 41.8 Å². The fraction of sp³-hybridized carbons (Fsp3) is 0.105. The summed E-state index contributed by atoms with van der Waals surface area (Å²) >= 11 is 12.6. The molecule has 0 aromatic heterocycles. The van der Waals surface area contributed by atoms with E-state index < -0.39 is 0 Å². The Morgan fingerprint density at radius 2 is 1.77 bits per heavy atom. The van der Waals surface area contributed by atoms with E-state index in [4.69, 9.17) is 28.9 Å². The van der Waals surface area contributed by atoms with Crippen molar-refractivity contribution in [2.45, 2.75) is 13.5 Å². The molecular weight excluding hydrogens is 369 g/mol. The quantitative estimate of drug-likeness (QED) is 0.556. The molecule has 2 aliphatic rings. The minimum absolute atomic E-state index is 0.341. The van der Waals surface area contributed by atoms with Crippen LogP contribution in [0.25, 0.3) is 22.9 Å². The van der Waals surface area contributed by atoms with E-state index in [1.54, 1.807) is 18.5 Å². The van der Waals surface area contributed by atoms with Crippen molar-refractivity contribution >= 4 is 29.0 Å². The number of anilines is 1. The molecule has 2 aromatic rings. The Morgan fingerprint density at radius 1 is 1.04 bits per heavy atom. The number of fused-ring (bicyclic) bond motifs is 1. The summed E-state index contributed by atoms with van der Waals surface area (Å²) in [4.78, 5) is 13.5. The number of aromatic nitrogens is 4. The molecule has 0 atom stereocenters. The smallest absolute Gasteiger partial charge is 0.166 e. The number of aryl methyl sites for hydroxylation is 1. The molecule has 0 spiro atoms. The van der Waals surface area contributed by atoms with Gasteiger partial charge in [0.25, 0.3) is 0 Å². The van der Waals surface area contributed by atoms with Crippen molar-refractivity contribution in [3.63, 3.8) is 0 Å². The molecule has 0 saturated carbocycles. The number of nitrogens with zero attached hydrogens (tertiary/aromatic N) is 4. The Hall–Kier alpha value is -2.63. The van der Waals surface area contributed by atoms with Gasteiger partial charge >= 0.3 is 0 Å². The zero-order valence-electron chi connectivity index (χ0n) is 13.9. The second-order valence-corrected chi connectivity index (χ2v) is 6.86. The minimum atomic E-state index is 0.341. The predicted octanol–water partition coefficient (Wildman–Crippen LogP) is 4.69. The summed E-state index contributed by atoms with van der Waals surface area (Å²) in [5.74, 6) is 1.60. The van der Waals surface area contributed by atoms with Gasteiger partial charge in [0.15, 0.2) is 23.2 Å². The van der Waals surface area contributed by atoms with Gasteiger partial charge in [0, 0.05) is 21.2 Å². The number of halogens is 2. The highest BCUT2D eigenvalue weighted by Crippen LogP contribution is 2.31. The van der Waals surface area contributed by atoms with Crippen molar-refractivity contribution in [1.29, 1.82) is 0 Å². The third-order valence-electron chi connectivity index (χ3n) is 4.16. The van der Waals surface area contributed by atoms with Gasteiger partial charge in [-0.2, -0.15) is 0 Å². The maximum Gasteiger partial charge on any atom is 0.166 e. The molecule has 2 N–H and O–H groups in total. The van der Waals surface area contributed by atoms with Crippen molar-refractivity contribution < 1.29 is 0 Å². The second kappa shape index (κ2) is 6.59. The molecule has 0 fully saturated rings. The zero-order chi connectivity index (χ0) is 18.3. The van der Waals surface area contributed by atoms with Crippen molar-refractivity contribution in [3.05, 3.63) is 70.0 Å². The first-order chi connectivity index (χ1) is 12.5. The summed E-state index contributed by atoms with van der Waals surface area (Å²) in [6.45, 7) is 2.45. The molecule has 4 rings (SSSR count). The normalized spacial score (nSPS) is 11.2. The van der Waals surface area contributed by atoms with Gasteiger partial charge in [0.05, 0.1) is 12.9 Å². The molecule has 0 amide bonds. The maximum absolute atomic E-state index is 6.30. The van der Waals surface area contributed by atoms with Gasteiger partial charge in [-0.3, -0.25) is 0 Å². The third-order valence-corrected chi connectivity index (χ3v) is 4.87. The molecule has 0 unspecified atom stereocenters. The number of rotatable bonds is 3. The molecular formula is C19H15Cl2N5. The number of nitrogen functional groups attached to an aromatic ring is 1. The molecule has 0 radical (unpaired) electrons. The Balaban J connectivity index is 1.83. The summed E-state index contributed by atoms with van der Waals surface area (Å²) in [5, 5.41) is 1.18. The Morgan fingerprint density at radius 3 is 2.50 bits per heavy atom. The highest BCUT2D eigenvalue weighted by atomic mass is 35.5. The van der Waals surface area contributed by atoms with Gasteiger partial charge in [0.2, 0.25) is 0 Å². The van der Waals surface area contributed by atoms with E-state index >= 15 is 0 Å². The fourth-order valence-electron chi connectivity index (χ4n) is 2.84. The lowest BCUT2D eigenvalue weighted by molar-refractivity contribution is 0.763. The molecule has 2 aliphatic heterocycles. The van der Waals surface area contributed by atoms with Crippen LogP contribution >= 0.6 is 23.2 Å². The Bertz CT molecular complexity index is 1050. The maximum atomic E-state index is 6.30. The highest BCUT2D eigenvalue weighted by molar-refractivity contribution is 6.36. The van der Waals surface area contributed by atoms with Crippen LogP contribution in [0.1, 0.15) is 11.1 Å². The fourth-order valence-corrected chi connectivity index (χ4v) is 3.35. The highest BCUT2D eigenvalue weighted by Gasteiger charge is 2.20. The largest absolute Gasteiger partial charge is 0.382 e. The SMILES string of the molecule is Cc1cccc(-c2nc3c(N)ncn(Cc4c(Cl)cccc4Cl)c-3n2)c1. The average molecular weight is 384 g/mol. The van der Waals surface area contributed by atoms with Crippen LogP contribution in [0.3, 0.4) is 0 Å². The Kier molecular flexibility index (Phi) is 4.26. The summed E-state index contributed by atoms with van der Waals surface area (Å²) in [7, 11) is 0. The molecule has 26 heavy (non-hydrogen) atoms. The lowest BCUT2D eigenvalue weighted by Crippen LogP contribution is -2.09. The first-order valence-corrected chi connectivity index (χ1v) is 8.77. The van der Waals surface area contributed by atoms with E-state index in [0.717, 1.165) is 16.7 Å². The molecule has 0 aliphatic carbocycles. The van der Waals surface area contributed by atoms with Crippen molar-refractivity contribution in [2.75, 3.05) is 5.73 Å². The first kappa shape index (κ1) is 16.8. The molecule has 5 nitrogen and oxygen atoms in total. The topological polar surface area (TPSA) is 69.6 Å². The van der Waals surface area contributed by atoms with Crippen molar-refractivity contribution in [2.24, 2.45) is 0 Å². The lowest BCUT2D eigenvalue weighted by Gasteiger charge is -2.13. The van der Waals surface area contributed by atoms with E-state index in [9.17, 15) is 0 Å². The van der Waals surface area contributed by atoms with Gasteiger partial charge in [-0.05, 0) is 25.1 Å².